The third-order valence-electron chi connectivity index (χ3n) is 3.30. The fraction of sp³-hybridized carbons (Fsp3) is 0.400. The van der Waals surface area contributed by atoms with E-state index in [0.29, 0.717) is 13.0 Å². The number of aliphatic carboxylic acids is 1. The molecule has 0 saturated carbocycles. The summed E-state index contributed by atoms with van der Waals surface area (Å²) in [5.74, 6) is -0.851. The molecule has 1 unspecified atom stereocenters. The molecule has 1 rings (SSSR count). The van der Waals surface area contributed by atoms with Gasteiger partial charge in [0.05, 0.1) is 0 Å². The van der Waals surface area contributed by atoms with E-state index in [1.165, 1.54) is 5.56 Å². The Labute approximate surface area is 109 Å². The van der Waals surface area contributed by atoms with Crippen molar-refractivity contribution in [3.05, 3.63) is 48.0 Å². The van der Waals surface area contributed by atoms with E-state index in [9.17, 15) is 9.90 Å². The van der Waals surface area contributed by atoms with Gasteiger partial charge in [-0.25, -0.2) is 4.79 Å². The van der Waals surface area contributed by atoms with Crippen molar-refractivity contribution in [3.63, 3.8) is 0 Å². The molecule has 0 fully saturated rings. The van der Waals surface area contributed by atoms with Gasteiger partial charge < -0.3 is 5.11 Å². The molecule has 3 nitrogen and oxygen atoms in total. The number of benzene rings is 1. The number of rotatable bonds is 7. The maximum absolute atomic E-state index is 11.6. The highest BCUT2D eigenvalue weighted by atomic mass is 16.4. The predicted octanol–water partition coefficient (Wildman–Crippen LogP) is 2.71. The summed E-state index contributed by atoms with van der Waals surface area (Å²) in [6.07, 6.45) is 3.11. The minimum atomic E-state index is -1.03. The normalized spacial score (nSPS) is 13.9. The Balaban J connectivity index is 3.14. The van der Waals surface area contributed by atoms with Crippen molar-refractivity contribution >= 4 is 5.97 Å². The lowest BCUT2D eigenvalue weighted by atomic mass is 9.86. The highest BCUT2D eigenvalue weighted by molar-refractivity contribution is 5.80. The van der Waals surface area contributed by atoms with Crippen LogP contribution in [-0.4, -0.2) is 17.6 Å². The number of carboxylic acid groups (broad SMARTS) is 1. The van der Waals surface area contributed by atoms with E-state index < -0.39 is 11.5 Å². The van der Waals surface area contributed by atoms with Gasteiger partial charge in [0.25, 0.3) is 0 Å². The standard InChI is InChI=1S/C15H21NO2/c1-4-11-16-15(6-3,14(17)18)13-9-7-12(5-2)8-10-13/h4,7-10,16H,1,5-6,11H2,2-3H3,(H,17,18). The van der Waals surface area contributed by atoms with Crippen molar-refractivity contribution in [2.75, 3.05) is 6.54 Å². The van der Waals surface area contributed by atoms with Crippen LogP contribution in [0.5, 0.6) is 0 Å². The van der Waals surface area contributed by atoms with Gasteiger partial charge in [-0.1, -0.05) is 44.2 Å². The molecule has 0 amide bonds. The van der Waals surface area contributed by atoms with Crippen molar-refractivity contribution < 1.29 is 9.90 Å². The van der Waals surface area contributed by atoms with E-state index in [1.807, 2.05) is 31.2 Å². The second-order valence-electron chi connectivity index (χ2n) is 4.28. The zero-order chi connectivity index (χ0) is 13.6. The van der Waals surface area contributed by atoms with Gasteiger partial charge in [-0.15, -0.1) is 6.58 Å². The molecule has 3 heteroatoms. The van der Waals surface area contributed by atoms with Crippen LogP contribution in [0.15, 0.2) is 36.9 Å². The lowest BCUT2D eigenvalue weighted by Crippen LogP contribution is -2.48. The third kappa shape index (κ3) is 2.79. The van der Waals surface area contributed by atoms with Gasteiger partial charge in [-0.05, 0) is 24.0 Å². The number of carboxylic acids is 1. The lowest BCUT2D eigenvalue weighted by Gasteiger charge is -2.29. The Kier molecular flexibility index (Phi) is 5.10. The molecular weight excluding hydrogens is 226 g/mol. The molecule has 1 atom stereocenters. The average Bonchev–Trinajstić information content (AvgIpc) is 2.40. The predicted molar refractivity (Wildman–Crippen MR) is 73.6 cm³/mol. The summed E-state index contributed by atoms with van der Waals surface area (Å²) in [7, 11) is 0. The second-order valence-corrected chi connectivity index (χ2v) is 4.28. The van der Waals surface area contributed by atoms with E-state index >= 15 is 0 Å². The fourth-order valence-electron chi connectivity index (χ4n) is 2.05. The van der Waals surface area contributed by atoms with Gasteiger partial charge in [0.1, 0.15) is 5.54 Å². The zero-order valence-corrected chi connectivity index (χ0v) is 11.1. The molecule has 2 N–H and O–H groups in total. The van der Waals surface area contributed by atoms with Crippen molar-refractivity contribution in [2.45, 2.75) is 32.2 Å². The Bertz CT molecular complexity index is 411. The number of nitrogens with one attached hydrogen (secondary N) is 1. The molecule has 98 valence electrons. The van der Waals surface area contributed by atoms with Crippen LogP contribution in [0.1, 0.15) is 31.4 Å². The zero-order valence-electron chi connectivity index (χ0n) is 11.1. The van der Waals surface area contributed by atoms with Gasteiger partial charge in [0.15, 0.2) is 0 Å². The molecule has 0 aliphatic heterocycles. The summed E-state index contributed by atoms with van der Waals surface area (Å²) in [6.45, 7) is 8.04. The molecule has 18 heavy (non-hydrogen) atoms. The van der Waals surface area contributed by atoms with Crippen LogP contribution in [0.4, 0.5) is 0 Å². The van der Waals surface area contributed by atoms with Crippen LogP contribution in [0.2, 0.25) is 0 Å². The van der Waals surface area contributed by atoms with Crippen molar-refractivity contribution in [2.24, 2.45) is 0 Å². The minimum Gasteiger partial charge on any atom is -0.480 e. The number of hydrogen-bond donors (Lipinski definition) is 2. The smallest absolute Gasteiger partial charge is 0.328 e. The van der Waals surface area contributed by atoms with Gasteiger partial charge in [-0.3, -0.25) is 5.32 Å². The Morgan fingerprint density at radius 2 is 2.00 bits per heavy atom. The van der Waals surface area contributed by atoms with Crippen LogP contribution in [0.25, 0.3) is 0 Å². The van der Waals surface area contributed by atoms with Gasteiger partial charge in [0, 0.05) is 6.54 Å². The molecule has 0 saturated heterocycles. The van der Waals surface area contributed by atoms with Gasteiger partial charge in [-0.2, -0.15) is 0 Å². The third-order valence-corrected chi connectivity index (χ3v) is 3.30. The largest absolute Gasteiger partial charge is 0.480 e. The molecule has 0 aromatic heterocycles. The molecule has 0 aliphatic rings. The summed E-state index contributed by atoms with van der Waals surface area (Å²) in [5, 5.41) is 12.6. The van der Waals surface area contributed by atoms with E-state index in [1.54, 1.807) is 6.08 Å². The average molecular weight is 247 g/mol. The van der Waals surface area contributed by atoms with Gasteiger partial charge in [0.2, 0.25) is 0 Å². The van der Waals surface area contributed by atoms with Crippen LogP contribution in [-0.2, 0) is 16.8 Å². The second kappa shape index (κ2) is 6.36. The van der Waals surface area contributed by atoms with Gasteiger partial charge >= 0.3 is 5.97 Å². The molecule has 0 bridgehead atoms. The van der Waals surface area contributed by atoms with Crippen LogP contribution in [0.3, 0.4) is 0 Å². The number of aryl methyl sites for hydroxylation is 1. The minimum absolute atomic E-state index is 0.468. The van der Waals surface area contributed by atoms with Crippen LogP contribution in [0, 0.1) is 0 Å². The molecule has 0 aliphatic carbocycles. The summed E-state index contributed by atoms with van der Waals surface area (Å²) >= 11 is 0. The summed E-state index contributed by atoms with van der Waals surface area (Å²) < 4.78 is 0. The fourth-order valence-corrected chi connectivity index (χ4v) is 2.05. The lowest BCUT2D eigenvalue weighted by molar-refractivity contribution is -0.145. The van der Waals surface area contributed by atoms with E-state index in [4.69, 9.17) is 0 Å². The molecule has 0 spiro atoms. The first-order valence-corrected chi connectivity index (χ1v) is 6.29. The monoisotopic (exact) mass is 247 g/mol. The Morgan fingerprint density at radius 3 is 2.39 bits per heavy atom. The SMILES string of the molecule is C=CCNC(CC)(C(=O)O)c1ccc(CC)cc1. The van der Waals surface area contributed by atoms with Crippen LogP contribution < -0.4 is 5.32 Å². The maximum atomic E-state index is 11.6. The maximum Gasteiger partial charge on any atom is 0.328 e. The molecular formula is C15H21NO2. The molecule has 0 radical (unpaired) electrons. The first-order chi connectivity index (χ1) is 8.60. The first kappa shape index (κ1) is 14.5. The quantitative estimate of drug-likeness (QED) is 0.728. The van der Waals surface area contributed by atoms with E-state index in [-0.39, 0.29) is 0 Å². The topological polar surface area (TPSA) is 49.3 Å². The highest BCUT2D eigenvalue weighted by Gasteiger charge is 2.37. The highest BCUT2D eigenvalue weighted by Crippen LogP contribution is 2.26. The number of hydrogen-bond acceptors (Lipinski definition) is 2. The number of carbonyl (C=O) groups is 1. The molecule has 1 aromatic carbocycles. The van der Waals surface area contributed by atoms with Crippen molar-refractivity contribution in [1.82, 2.24) is 5.32 Å². The van der Waals surface area contributed by atoms with E-state index in [2.05, 4.69) is 18.8 Å². The van der Waals surface area contributed by atoms with E-state index in [0.717, 1.165) is 12.0 Å². The van der Waals surface area contributed by atoms with Crippen molar-refractivity contribution in [3.8, 4) is 0 Å². The van der Waals surface area contributed by atoms with Crippen molar-refractivity contribution in [1.29, 1.82) is 0 Å². The summed E-state index contributed by atoms with van der Waals surface area (Å²) in [4.78, 5) is 11.6. The Hall–Kier alpha value is -1.61. The van der Waals surface area contributed by atoms with Crippen LogP contribution >= 0.6 is 0 Å². The summed E-state index contributed by atoms with van der Waals surface area (Å²) in [6, 6.07) is 7.76. The Morgan fingerprint density at radius 1 is 1.39 bits per heavy atom. The first-order valence-electron chi connectivity index (χ1n) is 6.29. The summed E-state index contributed by atoms with van der Waals surface area (Å²) in [5.41, 5.74) is 0.968. The molecule has 1 aromatic rings. The molecule has 0 heterocycles.